The minimum atomic E-state index is -4.76. The van der Waals surface area contributed by atoms with Crippen LogP contribution < -0.4 is 4.57 Å². The molecule has 3 nitrogen and oxygen atoms in total. The quantitative estimate of drug-likeness (QED) is 0.365. The van der Waals surface area contributed by atoms with E-state index < -0.39 is 30.5 Å². The van der Waals surface area contributed by atoms with Gasteiger partial charge >= 0.3 is 6.18 Å². The van der Waals surface area contributed by atoms with Gasteiger partial charge in [-0.1, -0.05) is 6.92 Å². The lowest BCUT2D eigenvalue weighted by Gasteiger charge is -2.06. The van der Waals surface area contributed by atoms with E-state index in [9.17, 15) is 22.0 Å². The molecule has 0 aliphatic carbocycles. The monoisotopic (exact) mass is 406 g/mol. The number of rotatable bonds is 5. The Morgan fingerprint density at radius 1 is 1.30 bits per heavy atom. The first kappa shape index (κ1) is 19.5. The number of hydrogen-bond acceptors (Lipinski definition) is 2. The molecule has 0 saturated heterocycles. The van der Waals surface area contributed by atoms with E-state index in [0.29, 0.717) is 27.5 Å². The lowest BCUT2D eigenvalue weighted by Crippen LogP contribution is -2.39. The van der Waals surface area contributed by atoms with Crippen LogP contribution in [0.1, 0.15) is 12.5 Å². The van der Waals surface area contributed by atoms with Gasteiger partial charge in [0.1, 0.15) is 22.5 Å². The first-order valence-electron chi connectivity index (χ1n) is 7.90. The molecule has 0 aromatic carbocycles. The average Bonchev–Trinajstić information content (AvgIpc) is 2.91. The highest BCUT2D eigenvalue weighted by Gasteiger charge is 2.36. The van der Waals surface area contributed by atoms with E-state index in [2.05, 4.69) is 9.97 Å². The molecule has 3 aromatic rings. The van der Waals surface area contributed by atoms with Crippen LogP contribution in [0.3, 0.4) is 0 Å². The molecule has 0 atom stereocenters. The Bertz CT molecular complexity index is 967. The van der Waals surface area contributed by atoms with Crippen molar-refractivity contribution in [3.05, 3.63) is 42.0 Å². The van der Waals surface area contributed by atoms with Crippen molar-refractivity contribution < 1.29 is 30.9 Å². The molecule has 1 N–H and O–H groups in total. The fraction of sp³-hybridized carbons (Fsp3) is 0.294. The number of fused-ring (bicyclic) bond motifs is 1. The normalized spacial score (nSPS) is 12.3. The van der Waals surface area contributed by atoms with Crippen LogP contribution in [0.2, 0.25) is 0 Å². The zero-order valence-corrected chi connectivity index (χ0v) is 14.8. The third-order valence-corrected chi connectivity index (χ3v) is 4.72. The second kappa shape index (κ2) is 7.41. The molecule has 0 radical (unpaired) electrons. The molecule has 3 aromatic heterocycles. The van der Waals surface area contributed by atoms with E-state index in [1.807, 2.05) is 6.92 Å². The van der Waals surface area contributed by atoms with Gasteiger partial charge in [-0.05, 0) is 24.0 Å². The molecular formula is C17H14F6N3S+. The summed E-state index contributed by atoms with van der Waals surface area (Å²) in [5, 5.41) is 0. The largest absolute Gasteiger partial charge is 0.422 e. The number of halogens is 6. The van der Waals surface area contributed by atoms with Gasteiger partial charge in [-0.15, -0.1) is 11.8 Å². The highest BCUT2D eigenvalue weighted by molar-refractivity contribution is 7.99. The molecule has 3 rings (SSSR count). The van der Waals surface area contributed by atoms with Crippen molar-refractivity contribution in [1.29, 1.82) is 0 Å². The fourth-order valence-electron chi connectivity index (χ4n) is 2.76. The molecule has 0 bridgehead atoms. The van der Waals surface area contributed by atoms with E-state index in [0.717, 1.165) is 0 Å². The number of alkyl halides is 5. The summed E-state index contributed by atoms with van der Waals surface area (Å²) in [5.41, 5.74) is -1.64. The molecular weight excluding hydrogens is 392 g/mol. The van der Waals surface area contributed by atoms with Gasteiger partial charge in [-0.3, -0.25) is 4.98 Å². The Balaban J connectivity index is 2.27. The number of aromatic amines is 1. The van der Waals surface area contributed by atoms with Crippen LogP contribution in [0, 0.1) is 5.82 Å². The smallest absolute Gasteiger partial charge is 0.346 e. The van der Waals surface area contributed by atoms with Gasteiger partial charge in [0.15, 0.2) is 6.20 Å². The van der Waals surface area contributed by atoms with Crippen molar-refractivity contribution in [1.82, 2.24) is 9.97 Å². The van der Waals surface area contributed by atoms with Gasteiger partial charge in [-0.2, -0.15) is 22.1 Å². The second-order valence-corrected chi connectivity index (χ2v) is 6.94. The SMILES string of the molecule is CCSc1cccnc1-c1[nH]c2cc(C(F)(F)F)c[n+](CC(F)F)c2c1F. The molecule has 0 amide bonds. The highest BCUT2D eigenvalue weighted by atomic mass is 32.2. The van der Waals surface area contributed by atoms with Gasteiger partial charge in [0.2, 0.25) is 12.4 Å². The highest BCUT2D eigenvalue weighted by Crippen LogP contribution is 2.35. The van der Waals surface area contributed by atoms with Crippen LogP contribution in [0.4, 0.5) is 26.3 Å². The van der Waals surface area contributed by atoms with Crippen LogP contribution in [0.5, 0.6) is 0 Å². The lowest BCUT2D eigenvalue weighted by atomic mass is 10.2. The molecule has 10 heteroatoms. The van der Waals surface area contributed by atoms with Gasteiger partial charge < -0.3 is 4.98 Å². The summed E-state index contributed by atoms with van der Waals surface area (Å²) < 4.78 is 80.7. The minimum absolute atomic E-state index is 0.135. The Labute approximate surface area is 154 Å². The van der Waals surface area contributed by atoms with Crippen molar-refractivity contribution >= 4 is 22.8 Å². The number of aromatic nitrogens is 3. The number of thioether (sulfide) groups is 1. The van der Waals surface area contributed by atoms with Crippen molar-refractivity contribution in [2.75, 3.05) is 5.75 Å². The summed E-state index contributed by atoms with van der Waals surface area (Å²) in [5.74, 6) is -0.250. The van der Waals surface area contributed by atoms with Crippen molar-refractivity contribution in [3.63, 3.8) is 0 Å². The molecule has 0 saturated carbocycles. The number of nitrogens with zero attached hydrogens (tertiary/aromatic N) is 2. The third kappa shape index (κ3) is 3.90. The molecule has 0 aliphatic rings. The van der Waals surface area contributed by atoms with Crippen molar-refractivity contribution in [2.24, 2.45) is 0 Å². The van der Waals surface area contributed by atoms with Gasteiger partial charge in [0, 0.05) is 11.1 Å². The molecule has 144 valence electrons. The lowest BCUT2D eigenvalue weighted by molar-refractivity contribution is -0.682. The fourth-order valence-corrected chi connectivity index (χ4v) is 3.53. The van der Waals surface area contributed by atoms with Crippen LogP contribution in [-0.4, -0.2) is 22.1 Å². The summed E-state index contributed by atoms with van der Waals surface area (Å²) in [6.45, 7) is 0.822. The molecule has 0 aliphatic heterocycles. The average molecular weight is 406 g/mol. The first-order chi connectivity index (χ1) is 12.7. The molecule has 0 unspecified atom stereocenters. The summed E-state index contributed by atoms with van der Waals surface area (Å²) in [6.07, 6.45) is -5.78. The second-order valence-electron chi connectivity index (χ2n) is 5.63. The maximum absolute atomic E-state index is 15.0. The summed E-state index contributed by atoms with van der Waals surface area (Å²) >= 11 is 1.38. The predicted molar refractivity (Wildman–Crippen MR) is 89.1 cm³/mol. The van der Waals surface area contributed by atoms with E-state index >= 15 is 4.39 Å². The van der Waals surface area contributed by atoms with Crippen LogP contribution in [0.15, 0.2) is 35.5 Å². The van der Waals surface area contributed by atoms with E-state index in [1.54, 1.807) is 12.1 Å². The van der Waals surface area contributed by atoms with Gasteiger partial charge in [0.05, 0.1) is 0 Å². The number of hydrogen-bond donors (Lipinski definition) is 1. The maximum Gasteiger partial charge on any atom is 0.422 e. The van der Waals surface area contributed by atoms with Crippen LogP contribution in [0.25, 0.3) is 22.4 Å². The third-order valence-electron chi connectivity index (χ3n) is 3.79. The first-order valence-corrected chi connectivity index (χ1v) is 8.89. The van der Waals surface area contributed by atoms with Crippen molar-refractivity contribution in [2.45, 2.75) is 31.0 Å². The van der Waals surface area contributed by atoms with E-state index in [-0.39, 0.29) is 22.4 Å². The standard InChI is InChI=1S/C17H13F6N3S/c1-2-27-11-4-3-5-24-14(11)15-13(20)16-10(25-15)6-9(17(21,22)23)7-26(16)8-12(18)19/h3-7,12H,2,8H2,1H3/p+1. The zero-order chi connectivity index (χ0) is 19.8. The molecule has 27 heavy (non-hydrogen) atoms. The Morgan fingerprint density at radius 3 is 2.67 bits per heavy atom. The van der Waals surface area contributed by atoms with Crippen molar-refractivity contribution in [3.8, 4) is 11.4 Å². The van der Waals surface area contributed by atoms with Gasteiger partial charge in [-0.25, -0.2) is 8.78 Å². The Hall–Kier alpha value is -2.23. The summed E-state index contributed by atoms with van der Waals surface area (Å²) in [6, 6.07) is 4.07. The van der Waals surface area contributed by atoms with Crippen LogP contribution >= 0.6 is 11.8 Å². The molecule has 0 fully saturated rings. The summed E-state index contributed by atoms with van der Waals surface area (Å²) in [4.78, 5) is 7.33. The van der Waals surface area contributed by atoms with Crippen LogP contribution in [-0.2, 0) is 12.7 Å². The number of pyridine rings is 2. The summed E-state index contributed by atoms with van der Waals surface area (Å²) in [7, 11) is 0. The maximum atomic E-state index is 15.0. The zero-order valence-electron chi connectivity index (χ0n) is 13.9. The molecule has 0 spiro atoms. The molecule has 3 heterocycles. The topological polar surface area (TPSA) is 32.6 Å². The van der Waals surface area contributed by atoms with E-state index in [4.69, 9.17) is 0 Å². The predicted octanol–water partition coefficient (Wildman–Crippen LogP) is 5.05. The van der Waals surface area contributed by atoms with Gasteiger partial charge in [0.25, 0.3) is 11.9 Å². The minimum Gasteiger partial charge on any atom is -0.346 e. The Kier molecular flexibility index (Phi) is 5.36. The Morgan fingerprint density at radius 2 is 2.04 bits per heavy atom. The number of nitrogens with one attached hydrogen (secondary N) is 1. The van der Waals surface area contributed by atoms with E-state index in [1.165, 1.54) is 18.0 Å². The number of H-pyrrole nitrogens is 1.